The minimum absolute atomic E-state index is 0.549. The third-order valence-electron chi connectivity index (χ3n) is 14.7. The fourth-order valence-corrected chi connectivity index (χ4v) is 11.5. The molecular weight excluding hydrogens is 807 g/mol. The van der Waals surface area contributed by atoms with Crippen LogP contribution >= 0.6 is 0 Å². The standard InChI is InChI=1S/C66H51N/c1-44-21-29-50(30-22-44)65(51-31-23-45(2)24-32-51)61-19-10-8-17-57(61)59-39-37-55(42-63(59)65)67(54-16-12-15-49(41-54)48-13-6-5-7-14-48)56-38-40-60-58-18-9-11-20-62(58)66(64(60)43-56,52-33-25-46(3)26-34-52)53-35-27-47(4)28-36-53/h5-43H,1-4H3. The zero-order chi connectivity index (χ0) is 45.3. The molecule has 12 rings (SSSR count). The normalized spacial score (nSPS) is 13.6. The molecule has 0 fully saturated rings. The van der Waals surface area contributed by atoms with E-state index in [2.05, 4.69) is 269 Å². The van der Waals surface area contributed by atoms with Gasteiger partial charge in [0.25, 0.3) is 0 Å². The summed E-state index contributed by atoms with van der Waals surface area (Å²) < 4.78 is 0. The third-order valence-corrected chi connectivity index (χ3v) is 14.7. The van der Waals surface area contributed by atoms with Crippen LogP contribution in [-0.2, 0) is 10.8 Å². The summed E-state index contributed by atoms with van der Waals surface area (Å²) in [5.74, 6) is 0. The van der Waals surface area contributed by atoms with Crippen molar-refractivity contribution in [3.63, 3.8) is 0 Å². The lowest BCUT2D eigenvalue weighted by Gasteiger charge is -2.36. The van der Waals surface area contributed by atoms with E-state index in [1.807, 2.05) is 0 Å². The van der Waals surface area contributed by atoms with Crippen LogP contribution in [0.4, 0.5) is 17.1 Å². The van der Waals surface area contributed by atoms with Gasteiger partial charge in [-0.05, 0) is 142 Å². The summed E-state index contributed by atoms with van der Waals surface area (Å²) in [7, 11) is 0. The van der Waals surface area contributed by atoms with Crippen molar-refractivity contribution in [3.05, 3.63) is 303 Å². The highest BCUT2D eigenvalue weighted by molar-refractivity contribution is 5.92. The zero-order valence-corrected chi connectivity index (χ0v) is 38.5. The first kappa shape index (κ1) is 40.5. The van der Waals surface area contributed by atoms with Crippen molar-refractivity contribution in [1.82, 2.24) is 0 Å². The molecule has 10 aromatic rings. The highest BCUT2D eigenvalue weighted by Gasteiger charge is 2.48. The molecule has 0 spiro atoms. The fourth-order valence-electron chi connectivity index (χ4n) is 11.5. The molecular formula is C66H51N. The molecule has 0 heterocycles. The Morgan fingerprint density at radius 2 is 0.597 bits per heavy atom. The smallest absolute Gasteiger partial charge is 0.0714 e. The van der Waals surface area contributed by atoms with E-state index in [9.17, 15) is 0 Å². The van der Waals surface area contributed by atoms with Crippen LogP contribution in [0.1, 0.15) is 66.8 Å². The lowest BCUT2D eigenvalue weighted by atomic mass is 9.67. The average molecular weight is 858 g/mol. The lowest BCUT2D eigenvalue weighted by Crippen LogP contribution is -2.29. The largest absolute Gasteiger partial charge is 0.310 e. The van der Waals surface area contributed by atoms with Crippen molar-refractivity contribution < 1.29 is 0 Å². The molecule has 2 aliphatic rings. The molecule has 2 aliphatic carbocycles. The van der Waals surface area contributed by atoms with Gasteiger partial charge in [0.15, 0.2) is 0 Å². The van der Waals surface area contributed by atoms with E-state index in [1.54, 1.807) is 0 Å². The summed E-state index contributed by atoms with van der Waals surface area (Å²) in [5, 5.41) is 0. The number of benzene rings is 10. The van der Waals surface area contributed by atoms with E-state index in [4.69, 9.17) is 0 Å². The predicted octanol–water partition coefficient (Wildman–Crippen LogP) is 16.8. The van der Waals surface area contributed by atoms with Crippen LogP contribution in [-0.4, -0.2) is 0 Å². The van der Waals surface area contributed by atoms with Crippen LogP contribution in [0.5, 0.6) is 0 Å². The molecule has 10 aromatic carbocycles. The molecule has 0 bridgehead atoms. The summed E-state index contributed by atoms with van der Waals surface area (Å²) in [6.45, 7) is 8.72. The Morgan fingerprint density at radius 1 is 0.254 bits per heavy atom. The second kappa shape index (κ2) is 15.9. The van der Waals surface area contributed by atoms with Crippen LogP contribution in [0.15, 0.2) is 237 Å². The number of aryl methyl sites for hydroxylation is 4. The number of rotatable bonds is 8. The second-order valence-corrected chi connectivity index (χ2v) is 18.8. The van der Waals surface area contributed by atoms with Gasteiger partial charge < -0.3 is 4.90 Å². The summed E-state index contributed by atoms with van der Waals surface area (Å²) in [6, 6.07) is 89.4. The van der Waals surface area contributed by atoms with E-state index in [0.29, 0.717) is 0 Å². The third kappa shape index (κ3) is 6.29. The Balaban J connectivity index is 1.15. The van der Waals surface area contributed by atoms with Crippen LogP contribution in [0.2, 0.25) is 0 Å². The zero-order valence-electron chi connectivity index (χ0n) is 38.5. The summed E-state index contributed by atoms with van der Waals surface area (Å²) in [6.07, 6.45) is 0. The second-order valence-electron chi connectivity index (χ2n) is 18.8. The van der Waals surface area contributed by atoms with Crippen molar-refractivity contribution in [2.75, 3.05) is 4.90 Å². The molecule has 1 nitrogen and oxygen atoms in total. The Kier molecular flexibility index (Phi) is 9.59. The molecule has 0 N–H and O–H groups in total. The minimum Gasteiger partial charge on any atom is -0.310 e. The first-order chi connectivity index (χ1) is 32.8. The summed E-state index contributed by atoms with van der Waals surface area (Å²) in [5.41, 5.74) is 24.9. The van der Waals surface area contributed by atoms with Crippen molar-refractivity contribution in [3.8, 4) is 33.4 Å². The maximum Gasteiger partial charge on any atom is 0.0714 e. The van der Waals surface area contributed by atoms with Gasteiger partial charge >= 0.3 is 0 Å². The summed E-state index contributed by atoms with van der Waals surface area (Å²) >= 11 is 0. The van der Waals surface area contributed by atoms with Gasteiger partial charge in [-0.1, -0.05) is 222 Å². The topological polar surface area (TPSA) is 3.24 Å². The number of hydrogen-bond donors (Lipinski definition) is 0. The first-order valence-corrected chi connectivity index (χ1v) is 23.6. The maximum atomic E-state index is 2.50. The fraction of sp³-hybridized carbons (Fsp3) is 0.0909. The van der Waals surface area contributed by atoms with Gasteiger partial charge in [0.05, 0.1) is 10.8 Å². The monoisotopic (exact) mass is 857 g/mol. The predicted molar refractivity (Wildman–Crippen MR) is 280 cm³/mol. The molecule has 0 aliphatic heterocycles. The van der Waals surface area contributed by atoms with Gasteiger partial charge in [-0.15, -0.1) is 0 Å². The highest BCUT2D eigenvalue weighted by atomic mass is 15.1. The molecule has 0 atom stereocenters. The van der Waals surface area contributed by atoms with Crippen LogP contribution in [0.3, 0.4) is 0 Å². The minimum atomic E-state index is -0.549. The number of anilines is 3. The Labute approximate surface area is 395 Å². The van der Waals surface area contributed by atoms with Crippen LogP contribution in [0, 0.1) is 27.7 Å². The first-order valence-electron chi connectivity index (χ1n) is 23.6. The van der Waals surface area contributed by atoms with E-state index < -0.39 is 10.8 Å². The quantitative estimate of drug-likeness (QED) is 0.147. The lowest BCUT2D eigenvalue weighted by molar-refractivity contribution is 0.766. The summed E-state index contributed by atoms with van der Waals surface area (Å²) in [4.78, 5) is 2.50. The van der Waals surface area contributed by atoms with Gasteiger partial charge in [-0.3, -0.25) is 0 Å². The van der Waals surface area contributed by atoms with E-state index in [-0.39, 0.29) is 0 Å². The van der Waals surface area contributed by atoms with Crippen LogP contribution in [0.25, 0.3) is 33.4 Å². The number of fused-ring (bicyclic) bond motifs is 6. The van der Waals surface area contributed by atoms with Gasteiger partial charge in [0.1, 0.15) is 0 Å². The van der Waals surface area contributed by atoms with E-state index >= 15 is 0 Å². The molecule has 320 valence electrons. The van der Waals surface area contributed by atoms with Gasteiger partial charge in [-0.2, -0.15) is 0 Å². The van der Waals surface area contributed by atoms with Crippen molar-refractivity contribution in [1.29, 1.82) is 0 Å². The Hall–Kier alpha value is -8.00. The van der Waals surface area contributed by atoms with Crippen LogP contribution < -0.4 is 4.90 Å². The van der Waals surface area contributed by atoms with Crippen molar-refractivity contribution in [2.45, 2.75) is 38.5 Å². The van der Waals surface area contributed by atoms with E-state index in [0.717, 1.165) is 17.1 Å². The maximum absolute atomic E-state index is 2.50. The Morgan fingerprint density at radius 3 is 1.01 bits per heavy atom. The van der Waals surface area contributed by atoms with Gasteiger partial charge in [0, 0.05) is 17.1 Å². The number of hydrogen-bond acceptors (Lipinski definition) is 1. The molecule has 0 unspecified atom stereocenters. The Bertz CT molecular complexity index is 3180. The highest BCUT2D eigenvalue weighted by Crippen LogP contribution is 2.59. The molecule has 0 radical (unpaired) electrons. The molecule has 67 heavy (non-hydrogen) atoms. The molecule has 1 heteroatoms. The molecule has 0 saturated heterocycles. The molecule has 0 saturated carbocycles. The van der Waals surface area contributed by atoms with Gasteiger partial charge in [-0.25, -0.2) is 0 Å². The SMILES string of the molecule is Cc1ccc(C2(c3ccc(C)cc3)c3ccccc3-c3ccc(N(c4cccc(-c5ccccc5)c4)c4ccc5c(c4)C(c4ccc(C)cc4)(c4ccc(C)cc4)c4ccccc4-5)cc32)cc1. The van der Waals surface area contributed by atoms with E-state index in [1.165, 1.54) is 100 Å². The average Bonchev–Trinajstić information content (AvgIpc) is 3.83. The molecule has 0 amide bonds. The number of nitrogens with zero attached hydrogens (tertiary/aromatic N) is 1. The van der Waals surface area contributed by atoms with Crippen molar-refractivity contribution in [2.24, 2.45) is 0 Å². The van der Waals surface area contributed by atoms with Crippen molar-refractivity contribution >= 4 is 17.1 Å². The molecule has 0 aromatic heterocycles. The van der Waals surface area contributed by atoms with Gasteiger partial charge in [0.2, 0.25) is 0 Å².